The molecule has 1 heterocycles. The zero-order valence-corrected chi connectivity index (χ0v) is 9.48. The molecule has 1 fully saturated rings. The molecular weight excluding hydrogens is 204 g/mol. The van der Waals surface area contributed by atoms with Crippen LogP contribution in [0.2, 0.25) is 0 Å². The maximum absolute atomic E-state index is 5.68. The topological polar surface area (TPSA) is 42.5 Å². The second-order valence-corrected chi connectivity index (χ2v) is 3.87. The van der Waals surface area contributed by atoms with Crippen LogP contribution in [0.3, 0.4) is 0 Å². The summed E-state index contributed by atoms with van der Waals surface area (Å²) in [5, 5.41) is 6.67. The summed E-state index contributed by atoms with van der Waals surface area (Å²) in [7, 11) is 1.71. The molecule has 88 valence electrons. The van der Waals surface area contributed by atoms with E-state index in [0.29, 0.717) is 12.6 Å². The predicted octanol–water partition coefficient (Wildman–Crippen LogP) is 0.599. The normalized spacial score (nSPS) is 25.3. The number of hydrogen-bond donors (Lipinski definition) is 2. The molecule has 16 heavy (non-hydrogen) atoms. The van der Waals surface area contributed by atoms with E-state index in [-0.39, 0.29) is 6.23 Å². The van der Waals surface area contributed by atoms with Gasteiger partial charge in [-0.25, -0.2) is 0 Å². The van der Waals surface area contributed by atoms with Gasteiger partial charge in [0.1, 0.15) is 18.6 Å². The fraction of sp³-hybridized carbons (Fsp3) is 0.500. The molecule has 2 rings (SSSR count). The molecule has 4 heteroatoms. The van der Waals surface area contributed by atoms with Crippen molar-refractivity contribution in [2.24, 2.45) is 0 Å². The van der Waals surface area contributed by atoms with Gasteiger partial charge in [-0.15, -0.1) is 0 Å². The molecule has 2 atom stereocenters. The number of methoxy groups -OCH3 is 1. The summed E-state index contributed by atoms with van der Waals surface area (Å²) in [6.45, 7) is 2.40. The van der Waals surface area contributed by atoms with Gasteiger partial charge in [0.15, 0.2) is 0 Å². The van der Waals surface area contributed by atoms with Crippen LogP contribution >= 0.6 is 0 Å². The van der Waals surface area contributed by atoms with Gasteiger partial charge in [0.25, 0.3) is 0 Å². The minimum atomic E-state index is 0.0816. The van der Waals surface area contributed by atoms with Gasteiger partial charge in [-0.1, -0.05) is 18.2 Å². The van der Waals surface area contributed by atoms with Gasteiger partial charge in [-0.2, -0.15) is 0 Å². The number of rotatable bonds is 4. The van der Waals surface area contributed by atoms with E-state index in [1.807, 2.05) is 30.3 Å². The SMILES string of the molecule is COC1CNCC(COc2ccccc2)N1. The van der Waals surface area contributed by atoms with Crippen molar-refractivity contribution >= 4 is 0 Å². The van der Waals surface area contributed by atoms with Gasteiger partial charge in [0, 0.05) is 20.2 Å². The molecule has 0 aliphatic carbocycles. The molecular formula is C12H18N2O2. The zero-order valence-electron chi connectivity index (χ0n) is 9.48. The Hall–Kier alpha value is -1.10. The van der Waals surface area contributed by atoms with Crippen LogP contribution in [-0.2, 0) is 4.74 Å². The van der Waals surface area contributed by atoms with Gasteiger partial charge in [0.2, 0.25) is 0 Å². The summed E-state index contributed by atoms with van der Waals surface area (Å²) < 4.78 is 10.9. The van der Waals surface area contributed by atoms with Crippen LogP contribution < -0.4 is 15.4 Å². The van der Waals surface area contributed by atoms with Crippen molar-refractivity contribution in [3.63, 3.8) is 0 Å². The Balaban J connectivity index is 1.77. The molecule has 0 bridgehead atoms. The second-order valence-electron chi connectivity index (χ2n) is 3.87. The smallest absolute Gasteiger partial charge is 0.120 e. The van der Waals surface area contributed by atoms with E-state index in [2.05, 4.69) is 10.6 Å². The number of piperazine rings is 1. The van der Waals surface area contributed by atoms with Crippen LogP contribution in [0.4, 0.5) is 0 Å². The van der Waals surface area contributed by atoms with Gasteiger partial charge >= 0.3 is 0 Å². The minimum Gasteiger partial charge on any atom is -0.492 e. The third-order valence-corrected chi connectivity index (χ3v) is 2.62. The highest BCUT2D eigenvalue weighted by Gasteiger charge is 2.20. The first-order valence-corrected chi connectivity index (χ1v) is 5.56. The third kappa shape index (κ3) is 3.20. The zero-order chi connectivity index (χ0) is 11.2. The van der Waals surface area contributed by atoms with Crippen molar-refractivity contribution in [2.45, 2.75) is 12.3 Å². The summed E-state index contributed by atoms with van der Waals surface area (Å²) in [5.41, 5.74) is 0. The van der Waals surface area contributed by atoms with Crippen molar-refractivity contribution in [3.05, 3.63) is 30.3 Å². The molecule has 0 amide bonds. The lowest BCUT2D eigenvalue weighted by Gasteiger charge is -2.30. The highest BCUT2D eigenvalue weighted by Crippen LogP contribution is 2.09. The molecule has 2 unspecified atom stereocenters. The molecule has 1 aliphatic rings. The molecule has 1 aliphatic heterocycles. The Kier molecular flexibility index (Phi) is 4.16. The monoisotopic (exact) mass is 222 g/mol. The number of nitrogens with one attached hydrogen (secondary N) is 2. The number of benzene rings is 1. The maximum Gasteiger partial charge on any atom is 0.120 e. The lowest BCUT2D eigenvalue weighted by molar-refractivity contribution is 0.0384. The standard InChI is InChI=1S/C12H18N2O2/c1-15-12-8-13-7-10(14-12)9-16-11-5-3-2-4-6-11/h2-6,10,12-14H,7-9H2,1H3. The van der Waals surface area contributed by atoms with Crippen molar-refractivity contribution in [1.82, 2.24) is 10.6 Å². The van der Waals surface area contributed by atoms with E-state index in [1.165, 1.54) is 0 Å². The maximum atomic E-state index is 5.68. The van der Waals surface area contributed by atoms with Crippen molar-refractivity contribution < 1.29 is 9.47 Å². The minimum absolute atomic E-state index is 0.0816. The Morgan fingerprint density at radius 3 is 2.81 bits per heavy atom. The summed E-state index contributed by atoms with van der Waals surface area (Å²) in [5.74, 6) is 0.906. The van der Waals surface area contributed by atoms with E-state index < -0.39 is 0 Å². The van der Waals surface area contributed by atoms with Crippen molar-refractivity contribution in [3.8, 4) is 5.75 Å². The number of hydrogen-bond acceptors (Lipinski definition) is 4. The predicted molar refractivity (Wildman–Crippen MR) is 62.5 cm³/mol. The van der Waals surface area contributed by atoms with Crippen molar-refractivity contribution in [2.75, 3.05) is 26.8 Å². The Morgan fingerprint density at radius 1 is 1.25 bits per heavy atom. The highest BCUT2D eigenvalue weighted by molar-refractivity contribution is 5.20. The summed E-state index contributed by atoms with van der Waals surface area (Å²) in [4.78, 5) is 0. The fourth-order valence-corrected chi connectivity index (χ4v) is 1.74. The summed E-state index contributed by atoms with van der Waals surface area (Å²) in [6.07, 6.45) is 0.0816. The van der Waals surface area contributed by atoms with Crippen LogP contribution in [-0.4, -0.2) is 39.1 Å². The number of para-hydroxylation sites is 1. The summed E-state index contributed by atoms with van der Waals surface area (Å²) in [6, 6.07) is 10.1. The number of ether oxygens (including phenoxy) is 2. The van der Waals surface area contributed by atoms with E-state index >= 15 is 0 Å². The quantitative estimate of drug-likeness (QED) is 0.783. The molecule has 1 saturated heterocycles. The second kappa shape index (κ2) is 5.84. The van der Waals surface area contributed by atoms with Crippen LogP contribution in [0, 0.1) is 0 Å². The molecule has 4 nitrogen and oxygen atoms in total. The van der Waals surface area contributed by atoms with Crippen molar-refractivity contribution in [1.29, 1.82) is 0 Å². The Labute approximate surface area is 95.9 Å². The first-order valence-electron chi connectivity index (χ1n) is 5.56. The van der Waals surface area contributed by atoms with Crippen LogP contribution in [0.1, 0.15) is 0 Å². The van der Waals surface area contributed by atoms with E-state index in [0.717, 1.165) is 18.8 Å². The molecule has 0 radical (unpaired) electrons. The molecule has 0 spiro atoms. The lowest BCUT2D eigenvalue weighted by atomic mass is 10.2. The van der Waals surface area contributed by atoms with Crippen LogP contribution in [0.25, 0.3) is 0 Å². The van der Waals surface area contributed by atoms with Gasteiger partial charge in [-0.05, 0) is 12.1 Å². The van der Waals surface area contributed by atoms with E-state index in [4.69, 9.17) is 9.47 Å². The van der Waals surface area contributed by atoms with E-state index in [9.17, 15) is 0 Å². The van der Waals surface area contributed by atoms with Gasteiger partial charge < -0.3 is 14.8 Å². The molecule has 0 saturated carbocycles. The van der Waals surface area contributed by atoms with Gasteiger partial charge in [-0.3, -0.25) is 5.32 Å². The Bertz CT molecular complexity index is 305. The average Bonchev–Trinajstić information content (AvgIpc) is 2.38. The lowest BCUT2D eigenvalue weighted by Crippen LogP contribution is -2.57. The Morgan fingerprint density at radius 2 is 2.06 bits per heavy atom. The summed E-state index contributed by atoms with van der Waals surface area (Å²) >= 11 is 0. The molecule has 1 aromatic carbocycles. The van der Waals surface area contributed by atoms with Gasteiger partial charge in [0.05, 0.1) is 6.04 Å². The average molecular weight is 222 g/mol. The first-order chi connectivity index (χ1) is 7.88. The van der Waals surface area contributed by atoms with Crippen LogP contribution in [0.5, 0.6) is 5.75 Å². The molecule has 1 aromatic rings. The third-order valence-electron chi connectivity index (χ3n) is 2.62. The highest BCUT2D eigenvalue weighted by atomic mass is 16.5. The molecule has 0 aromatic heterocycles. The first kappa shape index (κ1) is 11.4. The molecule has 2 N–H and O–H groups in total. The van der Waals surface area contributed by atoms with Crippen LogP contribution in [0.15, 0.2) is 30.3 Å². The fourth-order valence-electron chi connectivity index (χ4n) is 1.74. The van der Waals surface area contributed by atoms with E-state index in [1.54, 1.807) is 7.11 Å². The largest absolute Gasteiger partial charge is 0.492 e.